The second kappa shape index (κ2) is 69.3. The van der Waals surface area contributed by atoms with Crippen LogP contribution in [0.3, 0.4) is 0 Å². The van der Waals surface area contributed by atoms with Crippen LogP contribution in [-0.4, -0.2) is 131 Å². The molecule has 0 aromatic rings. The maximum absolute atomic E-state index is 0. The first-order chi connectivity index (χ1) is 0. The van der Waals surface area contributed by atoms with E-state index in [-0.39, 0.29) is 175 Å². The average Bonchev–Trinajstić information content (AvgIpc) is 0. The Kier molecular flexibility index (Phi) is 668. The Morgan fingerprint density at radius 1 is 0.556 bits per heavy atom. The molecule has 0 unspecified atom stereocenters. The summed E-state index contributed by atoms with van der Waals surface area (Å²) in [4.78, 5) is 0. The molecule has 0 rings (SSSR count). The van der Waals surface area contributed by atoms with Crippen LogP contribution < -0.4 is 0 Å². The van der Waals surface area contributed by atoms with Crippen LogP contribution in [0.5, 0.6) is 0 Å². The third-order valence-corrected chi connectivity index (χ3v) is 0. The fourth-order valence-corrected chi connectivity index (χ4v) is 0. The van der Waals surface area contributed by atoms with Gasteiger partial charge in [0.1, 0.15) is 0 Å². The summed E-state index contributed by atoms with van der Waals surface area (Å²) < 4.78 is 0. The van der Waals surface area contributed by atoms with Crippen LogP contribution in [-0.2, 0) is 44.4 Å². The number of hydrogen-bond acceptors (Lipinski definition) is 0. The maximum atomic E-state index is 0. The Morgan fingerprint density at radius 3 is 0.556 bits per heavy atom. The van der Waals surface area contributed by atoms with Gasteiger partial charge >= 0.3 is 90.0 Å². The van der Waals surface area contributed by atoms with E-state index in [1.54, 1.807) is 0 Å². The Morgan fingerprint density at radius 2 is 0.556 bits per heavy atom. The monoisotopic (exact) mass is 760 g/mol. The van der Waals surface area contributed by atoms with Crippen molar-refractivity contribution in [2.45, 2.75) is 0 Å². The second-order valence-electron chi connectivity index (χ2n) is 0. The van der Waals surface area contributed by atoms with Crippen molar-refractivity contribution in [3.05, 3.63) is 0 Å². The molecule has 9 heteroatoms. The first kappa shape index (κ1) is 86.8. The quantitative estimate of drug-likeness (QED) is 0.237. The van der Waals surface area contributed by atoms with Crippen molar-refractivity contribution in [3.63, 3.8) is 0 Å². The molecule has 0 saturated carbocycles. The average molecular weight is 755 g/mol. The molecule has 0 aliphatic rings. The van der Waals surface area contributed by atoms with Gasteiger partial charge < -0.3 is 85.3 Å². The smallest absolute Gasteiger partial charge is 2.00 e. The minimum absolute atomic E-state index is 0. The zero-order valence-electron chi connectivity index (χ0n) is 4.20. The normalized spacial score (nSPS) is 0. The van der Waals surface area contributed by atoms with E-state index < -0.39 is 0 Å². The number of hydrogen-bond donors (Lipinski definition) is 0. The standard InChI is InChI=1S/Cd.Cu.Ga.In.5Se/q2*+2;2*+3;5*-2. The Bertz CT molecular complexity index is 16.9. The van der Waals surface area contributed by atoms with Crippen molar-refractivity contribution in [1.29, 1.82) is 0 Å². The summed E-state index contributed by atoms with van der Waals surface area (Å²) in [7, 11) is 0. The first-order valence-electron chi connectivity index (χ1n) is 0. The molecule has 0 spiro atoms. The zero-order valence-corrected chi connectivity index (χ0v) is 23.5. The van der Waals surface area contributed by atoms with Crippen LogP contribution in [0, 0.1) is 0 Å². The van der Waals surface area contributed by atoms with Crippen molar-refractivity contribution in [2.75, 3.05) is 0 Å². The van der Waals surface area contributed by atoms with Crippen molar-refractivity contribution in [1.82, 2.24) is 0 Å². The summed E-state index contributed by atoms with van der Waals surface area (Å²) in [6, 6.07) is 0. The Labute approximate surface area is 171 Å². The molecule has 0 fully saturated rings. The van der Waals surface area contributed by atoms with Gasteiger partial charge in [-0.25, -0.2) is 0 Å². The predicted octanol–water partition coefficient (Wildman–Crippen LogP) is -2.67. The maximum Gasteiger partial charge on any atom is 3.00 e. The predicted molar refractivity (Wildman–Crippen MR) is 40.3 cm³/mol. The van der Waals surface area contributed by atoms with E-state index >= 15 is 0 Å². The van der Waals surface area contributed by atoms with E-state index in [1.807, 2.05) is 0 Å². The third kappa shape index (κ3) is 58.7. The molecule has 0 nitrogen and oxygen atoms in total. The minimum atomic E-state index is 0. The summed E-state index contributed by atoms with van der Waals surface area (Å²) in [5, 5.41) is 0. The zero-order chi connectivity index (χ0) is 0. The van der Waals surface area contributed by atoms with Crippen LogP contribution in [0.25, 0.3) is 0 Å². The van der Waals surface area contributed by atoms with Crippen LogP contribution in [0.1, 0.15) is 0 Å². The van der Waals surface area contributed by atoms with Gasteiger partial charge in [-0.3, -0.25) is 0 Å². The molecule has 0 aliphatic heterocycles. The third-order valence-electron chi connectivity index (χ3n) is 0. The molecule has 0 aromatic heterocycles. The molecule has 0 aromatic carbocycles. The SMILES string of the molecule is [Cd+2].[Cu+2].[Ga+3].[In+3].[Se-2].[Se-2].[Se-2].[Se-2].[Se-2]. The van der Waals surface area contributed by atoms with Gasteiger partial charge in [0.25, 0.3) is 0 Å². The molecule has 9 heavy (non-hydrogen) atoms. The molecule has 0 atom stereocenters. The fourth-order valence-electron chi connectivity index (χ4n) is 0. The van der Waals surface area contributed by atoms with Crippen LogP contribution in [0.15, 0.2) is 0 Å². The molecule has 49 valence electrons. The van der Waals surface area contributed by atoms with Crippen LogP contribution >= 0.6 is 0 Å². The Hall–Kier alpha value is 5.55. The van der Waals surface area contributed by atoms with Gasteiger partial charge in [-0.15, -0.1) is 0 Å². The van der Waals surface area contributed by atoms with E-state index in [4.69, 9.17) is 0 Å². The molecule has 0 aliphatic carbocycles. The van der Waals surface area contributed by atoms with E-state index in [0.29, 0.717) is 0 Å². The number of rotatable bonds is 0. The van der Waals surface area contributed by atoms with Crippen LogP contribution in [0.4, 0.5) is 0 Å². The summed E-state index contributed by atoms with van der Waals surface area (Å²) >= 11 is 0. The van der Waals surface area contributed by atoms with Crippen molar-refractivity contribution < 1.29 is 44.4 Å². The van der Waals surface area contributed by atoms with E-state index in [2.05, 4.69) is 0 Å². The van der Waals surface area contributed by atoms with Gasteiger partial charge in [0, 0.05) is 0 Å². The molecule has 0 heterocycles. The molecule has 0 N–H and O–H groups in total. The largest absolute Gasteiger partial charge is 3.00 e. The molecular formula is CdCuGaInSe5. The van der Waals surface area contributed by atoms with Gasteiger partial charge in [-0.2, -0.15) is 0 Å². The topological polar surface area (TPSA) is 0 Å². The van der Waals surface area contributed by atoms with Crippen molar-refractivity contribution in [3.8, 4) is 0 Å². The van der Waals surface area contributed by atoms with Gasteiger partial charge in [0.05, 0.1) is 0 Å². The van der Waals surface area contributed by atoms with Crippen LogP contribution in [0.2, 0.25) is 0 Å². The summed E-state index contributed by atoms with van der Waals surface area (Å²) in [5.74, 6) is 0. The molecule has 0 bridgehead atoms. The van der Waals surface area contributed by atoms with Gasteiger partial charge in [-0.1, -0.05) is 0 Å². The summed E-state index contributed by atoms with van der Waals surface area (Å²) in [5.41, 5.74) is 0. The molecule has 1 radical (unpaired) electrons. The van der Waals surface area contributed by atoms with E-state index in [1.165, 1.54) is 0 Å². The van der Waals surface area contributed by atoms with Gasteiger partial charge in [-0.05, 0) is 0 Å². The summed E-state index contributed by atoms with van der Waals surface area (Å²) in [6.07, 6.45) is 0. The fraction of sp³-hybridized carbons (Fsp3) is 0. The Balaban J connectivity index is 0. The summed E-state index contributed by atoms with van der Waals surface area (Å²) in [6.45, 7) is 0. The van der Waals surface area contributed by atoms with Gasteiger partial charge in [0.15, 0.2) is 0 Å². The van der Waals surface area contributed by atoms with Crippen molar-refractivity contribution >= 4 is 131 Å². The van der Waals surface area contributed by atoms with E-state index in [0.717, 1.165) is 0 Å². The van der Waals surface area contributed by atoms with Crippen molar-refractivity contribution in [2.24, 2.45) is 0 Å². The molecular weight excluding hydrogens is 755 g/mol. The molecule has 0 saturated heterocycles. The van der Waals surface area contributed by atoms with E-state index in [9.17, 15) is 0 Å². The van der Waals surface area contributed by atoms with Gasteiger partial charge in [0.2, 0.25) is 0 Å². The second-order valence-corrected chi connectivity index (χ2v) is 0. The first-order valence-corrected chi connectivity index (χ1v) is 0. The molecule has 0 amide bonds. The minimum Gasteiger partial charge on any atom is -2.00 e.